The van der Waals surface area contributed by atoms with Gasteiger partial charge in [0.15, 0.2) is 0 Å². The summed E-state index contributed by atoms with van der Waals surface area (Å²) in [6.45, 7) is 1.40. The monoisotopic (exact) mass is 400 g/mol. The number of anilines is 2. The highest BCUT2D eigenvalue weighted by atomic mass is 35.5. The molecule has 0 saturated carbocycles. The number of carbonyl (C=O) groups is 1. The molecule has 0 bridgehead atoms. The first kappa shape index (κ1) is 20.0. The smallest absolute Gasteiger partial charge is 0.248 e. The summed E-state index contributed by atoms with van der Waals surface area (Å²) < 4.78 is 44.2. The van der Waals surface area contributed by atoms with Gasteiger partial charge in [0.05, 0.1) is 29.8 Å². The van der Waals surface area contributed by atoms with E-state index in [0.29, 0.717) is 5.75 Å². The van der Waals surface area contributed by atoms with Gasteiger partial charge in [0.25, 0.3) is 0 Å². The maximum atomic E-state index is 13.7. The van der Waals surface area contributed by atoms with Gasteiger partial charge in [0.1, 0.15) is 17.6 Å². The van der Waals surface area contributed by atoms with Gasteiger partial charge >= 0.3 is 0 Å². The average Bonchev–Trinajstić information content (AvgIpc) is 2.56. The third-order valence-corrected chi connectivity index (χ3v) is 5.15. The number of carbonyl (C=O) groups excluding carboxylic acids is 1. The van der Waals surface area contributed by atoms with Crippen LogP contribution in [-0.2, 0) is 14.8 Å². The van der Waals surface area contributed by atoms with Gasteiger partial charge in [-0.2, -0.15) is 0 Å². The Morgan fingerprint density at radius 1 is 1.27 bits per heavy atom. The molecule has 2 rings (SSSR count). The summed E-state index contributed by atoms with van der Waals surface area (Å²) in [5.41, 5.74) is 0.153. The number of hydrogen-bond donors (Lipinski definition) is 1. The van der Waals surface area contributed by atoms with E-state index in [2.05, 4.69) is 5.32 Å². The van der Waals surface area contributed by atoms with E-state index < -0.39 is 27.8 Å². The molecule has 26 heavy (non-hydrogen) atoms. The minimum atomic E-state index is -3.82. The number of para-hydroxylation sites is 1. The van der Waals surface area contributed by atoms with Crippen LogP contribution < -0.4 is 14.4 Å². The summed E-state index contributed by atoms with van der Waals surface area (Å²) in [6, 6.07) is 8.82. The number of sulfonamides is 1. The molecule has 0 aliphatic carbocycles. The summed E-state index contributed by atoms with van der Waals surface area (Å²) in [4.78, 5) is 12.5. The van der Waals surface area contributed by atoms with E-state index in [-0.39, 0.29) is 16.4 Å². The quantitative estimate of drug-likeness (QED) is 0.807. The van der Waals surface area contributed by atoms with E-state index in [1.807, 2.05) is 0 Å². The van der Waals surface area contributed by atoms with Crippen molar-refractivity contribution >= 4 is 38.9 Å². The Hall–Kier alpha value is -2.32. The van der Waals surface area contributed by atoms with Gasteiger partial charge in [-0.15, -0.1) is 0 Å². The van der Waals surface area contributed by atoms with Gasteiger partial charge in [-0.1, -0.05) is 23.7 Å². The van der Waals surface area contributed by atoms with Gasteiger partial charge in [0.2, 0.25) is 15.9 Å². The summed E-state index contributed by atoms with van der Waals surface area (Å²) in [5.74, 6) is -0.939. The van der Waals surface area contributed by atoms with Crippen molar-refractivity contribution in [3.05, 3.63) is 53.3 Å². The second-order valence-electron chi connectivity index (χ2n) is 5.52. The van der Waals surface area contributed by atoms with E-state index in [4.69, 9.17) is 16.3 Å². The first-order chi connectivity index (χ1) is 12.1. The Bertz CT molecular complexity index is 921. The molecule has 1 unspecified atom stereocenters. The topological polar surface area (TPSA) is 75.7 Å². The van der Waals surface area contributed by atoms with Gasteiger partial charge in [0, 0.05) is 0 Å². The molecule has 6 nitrogen and oxygen atoms in total. The van der Waals surface area contributed by atoms with E-state index in [9.17, 15) is 17.6 Å². The van der Waals surface area contributed by atoms with E-state index in [1.165, 1.54) is 50.4 Å². The zero-order valence-corrected chi connectivity index (χ0v) is 15.9. The fourth-order valence-electron chi connectivity index (χ4n) is 2.40. The number of rotatable bonds is 6. The molecule has 1 amide bonds. The SMILES string of the molecule is COc1ccc(N(C(C)C(=O)Nc2ccccc2F)S(C)(=O)=O)cc1Cl. The third-order valence-electron chi connectivity index (χ3n) is 3.61. The number of amides is 1. The molecule has 1 atom stereocenters. The predicted molar refractivity (Wildman–Crippen MR) is 99.8 cm³/mol. The Morgan fingerprint density at radius 2 is 1.92 bits per heavy atom. The largest absolute Gasteiger partial charge is 0.495 e. The normalized spacial score (nSPS) is 12.3. The highest BCUT2D eigenvalue weighted by Gasteiger charge is 2.30. The molecule has 0 aromatic heterocycles. The first-order valence-corrected chi connectivity index (χ1v) is 9.76. The lowest BCUT2D eigenvalue weighted by atomic mass is 10.2. The van der Waals surface area contributed by atoms with Gasteiger partial charge < -0.3 is 10.1 Å². The number of hydrogen-bond acceptors (Lipinski definition) is 4. The Kier molecular flexibility index (Phi) is 6.09. The zero-order chi connectivity index (χ0) is 19.5. The van der Waals surface area contributed by atoms with Crippen LogP contribution in [0.25, 0.3) is 0 Å². The van der Waals surface area contributed by atoms with Crippen LogP contribution in [0.4, 0.5) is 15.8 Å². The molecular weight excluding hydrogens is 383 g/mol. The van der Waals surface area contributed by atoms with Crippen LogP contribution in [-0.4, -0.2) is 33.7 Å². The molecule has 0 radical (unpaired) electrons. The molecule has 2 aromatic carbocycles. The van der Waals surface area contributed by atoms with Crippen LogP contribution in [0.15, 0.2) is 42.5 Å². The minimum absolute atomic E-state index is 0.0365. The molecule has 0 aliphatic rings. The van der Waals surface area contributed by atoms with Crippen LogP contribution in [0.2, 0.25) is 5.02 Å². The van der Waals surface area contributed by atoms with E-state index in [0.717, 1.165) is 10.6 Å². The van der Waals surface area contributed by atoms with Crippen LogP contribution in [0.1, 0.15) is 6.92 Å². The minimum Gasteiger partial charge on any atom is -0.495 e. The molecule has 0 spiro atoms. The van der Waals surface area contributed by atoms with Crippen molar-refractivity contribution in [2.24, 2.45) is 0 Å². The van der Waals surface area contributed by atoms with Crippen molar-refractivity contribution < 1.29 is 22.3 Å². The van der Waals surface area contributed by atoms with Crippen molar-refractivity contribution in [1.29, 1.82) is 0 Å². The lowest BCUT2D eigenvalue weighted by Gasteiger charge is -2.28. The first-order valence-electron chi connectivity index (χ1n) is 7.53. The molecule has 2 aromatic rings. The van der Waals surface area contributed by atoms with Crippen molar-refractivity contribution in [3.8, 4) is 5.75 Å². The van der Waals surface area contributed by atoms with Gasteiger partial charge in [-0.25, -0.2) is 12.8 Å². The lowest BCUT2D eigenvalue weighted by molar-refractivity contribution is -0.116. The predicted octanol–water partition coefficient (Wildman–Crippen LogP) is 3.28. The van der Waals surface area contributed by atoms with Crippen molar-refractivity contribution in [1.82, 2.24) is 0 Å². The number of nitrogens with zero attached hydrogens (tertiary/aromatic N) is 1. The van der Waals surface area contributed by atoms with Crippen LogP contribution in [0, 0.1) is 5.82 Å². The summed E-state index contributed by atoms with van der Waals surface area (Å²) in [7, 11) is -2.39. The lowest BCUT2D eigenvalue weighted by Crippen LogP contribution is -2.45. The molecule has 9 heteroatoms. The standard InChI is InChI=1S/C17H18ClFN2O4S/c1-11(17(22)20-15-7-5-4-6-14(15)19)21(26(3,23)24)12-8-9-16(25-2)13(18)10-12/h4-11H,1-3H3,(H,20,22). The van der Waals surface area contributed by atoms with E-state index in [1.54, 1.807) is 6.07 Å². The highest BCUT2D eigenvalue weighted by molar-refractivity contribution is 7.92. The Labute approximate surface area is 156 Å². The number of benzene rings is 2. The van der Waals surface area contributed by atoms with Crippen LogP contribution >= 0.6 is 11.6 Å². The molecule has 140 valence electrons. The zero-order valence-electron chi connectivity index (χ0n) is 14.4. The van der Waals surface area contributed by atoms with Crippen molar-refractivity contribution in [3.63, 3.8) is 0 Å². The highest BCUT2D eigenvalue weighted by Crippen LogP contribution is 2.31. The maximum absolute atomic E-state index is 13.7. The third kappa shape index (κ3) is 4.44. The van der Waals surface area contributed by atoms with Crippen LogP contribution in [0.3, 0.4) is 0 Å². The Morgan fingerprint density at radius 3 is 2.46 bits per heavy atom. The number of ether oxygens (including phenoxy) is 1. The van der Waals surface area contributed by atoms with E-state index >= 15 is 0 Å². The molecule has 1 N–H and O–H groups in total. The fraction of sp³-hybridized carbons (Fsp3) is 0.235. The number of halogens is 2. The van der Waals surface area contributed by atoms with Gasteiger partial charge in [-0.05, 0) is 37.3 Å². The average molecular weight is 401 g/mol. The summed E-state index contributed by atoms with van der Waals surface area (Å²) in [6.07, 6.45) is 0.970. The maximum Gasteiger partial charge on any atom is 0.248 e. The molecule has 0 fully saturated rings. The molecule has 0 aliphatic heterocycles. The van der Waals surface area contributed by atoms with Crippen LogP contribution in [0.5, 0.6) is 5.75 Å². The summed E-state index contributed by atoms with van der Waals surface area (Å²) in [5, 5.41) is 2.59. The molecule has 0 saturated heterocycles. The van der Waals surface area contributed by atoms with Crippen molar-refractivity contribution in [2.75, 3.05) is 23.0 Å². The number of nitrogens with one attached hydrogen (secondary N) is 1. The van der Waals surface area contributed by atoms with Gasteiger partial charge in [-0.3, -0.25) is 9.10 Å². The summed E-state index contributed by atoms with van der Waals surface area (Å²) >= 11 is 6.06. The van der Waals surface area contributed by atoms with Crippen molar-refractivity contribution in [2.45, 2.75) is 13.0 Å². The molecular formula is C17H18ClFN2O4S. The Balaban J connectivity index is 2.36. The number of methoxy groups -OCH3 is 1. The fourth-order valence-corrected chi connectivity index (χ4v) is 3.82. The molecule has 0 heterocycles. The second-order valence-corrected chi connectivity index (χ2v) is 7.79. The second kappa shape index (κ2) is 7.92.